The first-order valence-corrected chi connectivity index (χ1v) is 9.28. The molecule has 2 aromatic rings. The first-order chi connectivity index (χ1) is 10.6. The standard InChI is InChI=1S/C19H23O2Si/c1-13(2)20-22(21-14(3)4)19-11-7-10-17-16-9-6-5-8-15(16)12-18(17)19/h5-11,13-14H,12H2,1-4H3. The highest BCUT2D eigenvalue weighted by molar-refractivity contribution is 6.62. The molecule has 22 heavy (non-hydrogen) atoms. The van der Waals surface area contributed by atoms with Gasteiger partial charge in [0.05, 0.1) is 0 Å². The Labute approximate surface area is 134 Å². The van der Waals surface area contributed by atoms with Gasteiger partial charge in [-0.2, -0.15) is 0 Å². The average molecular weight is 311 g/mol. The van der Waals surface area contributed by atoms with Gasteiger partial charge in [-0.3, -0.25) is 0 Å². The molecular formula is C19H23O2Si. The number of hydrogen-bond donors (Lipinski definition) is 0. The summed E-state index contributed by atoms with van der Waals surface area (Å²) in [6.45, 7) is 8.30. The summed E-state index contributed by atoms with van der Waals surface area (Å²) in [6, 6.07) is 15.2. The molecule has 3 rings (SSSR count). The van der Waals surface area contributed by atoms with E-state index in [-0.39, 0.29) is 12.2 Å². The van der Waals surface area contributed by atoms with Crippen molar-refractivity contribution in [1.82, 2.24) is 0 Å². The lowest BCUT2D eigenvalue weighted by molar-refractivity contribution is 0.139. The van der Waals surface area contributed by atoms with E-state index in [4.69, 9.17) is 8.85 Å². The zero-order valence-corrected chi connectivity index (χ0v) is 14.7. The van der Waals surface area contributed by atoms with E-state index in [0.717, 1.165) is 6.42 Å². The molecule has 3 heteroatoms. The summed E-state index contributed by atoms with van der Waals surface area (Å²) in [6.07, 6.45) is 1.33. The van der Waals surface area contributed by atoms with Crippen molar-refractivity contribution in [2.24, 2.45) is 0 Å². The van der Waals surface area contributed by atoms with E-state index in [2.05, 4.69) is 70.2 Å². The van der Waals surface area contributed by atoms with Gasteiger partial charge in [-0.1, -0.05) is 42.5 Å². The molecule has 0 heterocycles. The first-order valence-electron chi connectivity index (χ1n) is 7.97. The van der Waals surface area contributed by atoms with Crippen LogP contribution in [0.5, 0.6) is 0 Å². The van der Waals surface area contributed by atoms with Crippen molar-refractivity contribution in [3.05, 3.63) is 53.6 Å². The minimum Gasteiger partial charge on any atom is -0.387 e. The number of rotatable bonds is 5. The molecule has 0 bridgehead atoms. The molecule has 0 saturated heterocycles. The van der Waals surface area contributed by atoms with Crippen LogP contribution in [0.25, 0.3) is 11.1 Å². The molecule has 2 aromatic carbocycles. The van der Waals surface area contributed by atoms with Crippen LogP contribution in [0.2, 0.25) is 0 Å². The molecule has 0 unspecified atom stereocenters. The third-order valence-electron chi connectivity index (χ3n) is 3.76. The van der Waals surface area contributed by atoms with Crippen LogP contribution in [-0.2, 0) is 15.3 Å². The Bertz CT molecular complexity index is 654. The van der Waals surface area contributed by atoms with E-state index in [1.807, 2.05) is 0 Å². The smallest absolute Gasteiger partial charge is 0.387 e. The number of fused-ring (bicyclic) bond motifs is 3. The van der Waals surface area contributed by atoms with Crippen LogP contribution in [0.3, 0.4) is 0 Å². The zero-order chi connectivity index (χ0) is 15.7. The SMILES string of the molecule is CC(C)O[Si](OC(C)C)c1cccc2c1Cc1ccccc1-2. The Hall–Kier alpha value is -1.42. The predicted molar refractivity (Wildman–Crippen MR) is 92.5 cm³/mol. The monoisotopic (exact) mass is 311 g/mol. The Morgan fingerprint density at radius 2 is 1.45 bits per heavy atom. The fourth-order valence-electron chi connectivity index (χ4n) is 2.93. The minimum absolute atomic E-state index is 0.173. The largest absolute Gasteiger partial charge is 0.424 e. The van der Waals surface area contributed by atoms with E-state index in [9.17, 15) is 0 Å². The lowest BCUT2D eigenvalue weighted by Crippen LogP contribution is -2.42. The molecule has 0 aromatic heterocycles. The van der Waals surface area contributed by atoms with Crippen molar-refractivity contribution in [3.63, 3.8) is 0 Å². The fraction of sp³-hybridized carbons (Fsp3) is 0.368. The maximum atomic E-state index is 6.15. The molecular weight excluding hydrogens is 288 g/mol. The lowest BCUT2D eigenvalue weighted by atomic mass is 10.1. The van der Waals surface area contributed by atoms with Crippen molar-refractivity contribution in [2.45, 2.75) is 46.3 Å². The van der Waals surface area contributed by atoms with Gasteiger partial charge in [0.15, 0.2) is 0 Å². The van der Waals surface area contributed by atoms with Gasteiger partial charge in [0, 0.05) is 12.2 Å². The third kappa shape index (κ3) is 3.02. The second kappa shape index (κ2) is 6.37. The molecule has 0 aliphatic heterocycles. The summed E-state index contributed by atoms with van der Waals surface area (Å²) in [5, 5.41) is 1.26. The molecule has 1 aliphatic rings. The van der Waals surface area contributed by atoms with Crippen molar-refractivity contribution in [2.75, 3.05) is 0 Å². The van der Waals surface area contributed by atoms with Crippen LogP contribution in [0.1, 0.15) is 38.8 Å². The molecule has 115 valence electrons. The molecule has 0 spiro atoms. The molecule has 0 atom stereocenters. The molecule has 0 amide bonds. The van der Waals surface area contributed by atoms with Gasteiger partial charge < -0.3 is 8.85 Å². The summed E-state index contributed by atoms with van der Waals surface area (Å²) in [4.78, 5) is 0. The third-order valence-corrected chi connectivity index (χ3v) is 6.04. The van der Waals surface area contributed by atoms with E-state index < -0.39 is 9.28 Å². The van der Waals surface area contributed by atoms with E-state index in [0.29, 0.717) is 0 Å². The summed E-state index contributed by atoms with van der Waals surface area (Å²) >= 11 is 0. The Morgan fingerprint density at radius 3 is 2.14 bits per heavy atom. The summed E-state index contributed by atoms with van der Waals surface area (Å²) in [5.74, 6) is 0. The van der Waals surface area contributed by atoms with Gasteiger partial charge in [0.1, 0.15) is 0 Å². The van der Waals surface area contributed by atoms with Crippen molar-refractivity contribution in [1.29, 1.82) is 0 Å². The molecule has 0 saturated carbocycles. The second-order valence-electron chi connectivity index (χ2n) is 6.29. The normalized spacial score (nSPS) is 13.0. The van der Waals surface area contributed by atoms with Gasteiger partial charge in [-0.25, -0.2) is 0 Å². The number of benzene rings is 2. The number of hydrogen-bond acceptors (Lipinski definition) is 2. The van der Waals surface area contributed by atoms with Crippen LogP contribution in [-0.4, -0.2) is 21.5 Å². The summed E-state index contributed by atoms with van der Waals surface area (Å²) in [7, 11) is -1.46. The van der Waals surface area contributed by atoms with E-state index in [1.54, 1.807) is 0 Å². The predicted octanol–water partition coefficient (Wildman–Crippen LogP) is 3.80. The van der Waals surface area contributed by atoms with E-state index in [1.165, 1.54) is 27.4 Å². The van der Waals surface area contributed by atoms with Crippen molar-refractivity contribution >= 4 is 14.5 Å². The summed E-state index contributed by atoms with van der Waals surface area (Å²) < 4.78 is 12.3. The second-order valence-corrected chi connectivity index (χ2v) is 7.87. The fourth-order valence-corrected chi connectivity index (χ4v) is 4.80. The van der Waals surface area contributed by atoms with Crippen LogP contribution >= 0.6 is 0 Å². The van der Waals surface area contributed by atoms with Crippen LogP contribution in [0, 0.1) is 0 Å². The highest BCUT2D eigenvalue weighted by atomic mass is 28.3. The van der Waals surface area contributed by atoms with Gasteiger partial charge in [0.25, 0.3) is 0 Å². The maximum Gasteiger partial charge on any atom is 0.424 e. The lowest BCUT2D eigenvalue weighted by Gasteiger charge is -2.22. The highest BCUT2D eigenvalue weighted by Gasteiger charge is 2.29. The van der Waals surface area contributed by atoms with Crippen LogP contribution in [0.15, 0.2) is 42.5 Å². The van der Waals surface area contributed by atoms with Crippen molar-refractivity contribution < 1.29 is 8.85 Å². The van der Waals surface area contributed by atoms with Gasteiger partial charge in [-0.05, 0) is 61.6 Å². The Kier molecular flexibility index (Phi) is 4.48. The molecule has 0 N–H and O–H groups in total. The van der Waals surface area contributed by atoms with Gasteiger partial charge >= 0.3 is 9.28 Å². The molecule has 1 radical (unpaired) electrons. The quantitative estimate of drug-likeness (QED) is 0.667. The summed E-state index contributed by atoms with van der Waals surface area (Å²) in [5.41, 5.74) is 5.49. The van der Waals surface area contributed by atoms with Gasteiger partial charge in [-0.15, -0.1) is 0 Å². The maximum absolute atomic E-state index is 6.15. The van der Waals surface area contributed by atoms with E-state index >= 15 is 0 Å². The topological polar surface area (TPSA) is 18.5 Å². The highest BCUT2D eigenvalue weighted by Crippen LogP contribution is 2.35. The minimum atomic E-state index is -1.46. The molecule has 1 aliphatic carbocycles. The molecule has 2 nitrogen and oxygen atoms in total. The first kappa shape index (κ1) is 15.5. The Morgan fingerprint density at radius 1 is 0.818 bits per heavy atom. The van der Waals surface area contributed by atoms with Crippen LogP contribution < -0.4 is 5.19 Å². The zero-order valence-electron chi connectivity index (χ0n) is 13.7. The van der Waals surface area contributed by atoms with Crippen LogP contribution in [0.4, 0.5) is 0 Å². The Balaban J connectivity index is 2.01. The average Bonchev–Trinajstić information content (AvgIpc) is 2.84. The van der Waals surface area contributed by atoms with Gasteiger partial charge in [0.2, 0.25) is 0 Å². The van der Waals surface area contributed by atoms with Crippen molar-refractivity contribution in [3.8, 4) is 11.1 Å². The molecule has 0 fully saturated rings.